The van der Waals surface area contributed by atoms with Crippen LogP contribution in [0.1, 0.15) is 45.1 Å². The van der Waals surface area contributed by atoms with Crippen LogP contribution < -0.4 is 4.74 Å². The van der Waals surface area contributed by atoms with Crippen LogP contribution in [-0.4, -0.2) is 50.5 Å². The minimum atomic E-state index is -3.46. The number of ether oxygens (including phenoxy) is 2. The SMILES string of the molecule is C=CCSSCCOC(=O)C(C)c1ccc2cc(OCCCCOP(=O)(OCC)OCC)ccc2c1. The molecule has 0 aliphatic rings. The highest BCUT2D eigenvalue weighted by Gasteiger charge is 2.24. The summed E-state index contributed by atoms with van der Waals surface area (Å²) in [5.74, 6) is 1.85. The van der Waals surface area contributed by atoms with Crippen LogP contribution in [0.5, 0.6) is 5.75 Å². The maximum Gasteiger partial charge on any atom is 0.474 e. The van der Waals surface area contributed by atoms with Gasteiger partial charge in [0.25, 0.3) is 0 Å². The van der Waals surface area contributed by atoms with Crippen LogP contribution in [0.15, 0.2) is 49.1 Å². The lowest BCUT2D eigenvalue weighted by molar-refractivity contribution is -0.144. The van der Waals surface area contributed by atoms with Gasteiger partial charge in [0.15, 0.2) is 0 Å². The molecule has 2 rings (SSSR count). The predicted molar refractivity (Wildman–Crippen MR) is 150 cm³/mol. The molecule has 0 saturated carbocycles. The normalized spacial score (nSPS) is 12.4. The first kappa shape index (κ1) is 30.7. The molecule has 0 radical (unpaired) electrons. The first-order valence-electron chi connectivity index (χ1n) is 12.1. The molecule has 0 N–H and O–H groups in total. The molecule has 200 valence electrons. The molecule has 0 fully saturated rings. The Kier molecular flexibility index (Phi) is 14.6. The smallest absolute Gasteiger partial charge is 0.474 e. The van der Waals surface area contributed by atoms with E-state index in [4.69, 9.17) is 23.0 Å². The number of benzene rings is 2. The fourth-order valence-electron chi connectivity index (χ4n) is 3.19. The van der Waals surface area contributed by atoms with Crippen LogP contribution in [0.25, 0.3) is 10.8 Å². The van der Waals surface area contributed by atoms with E-state index < -0.39 is 7.82 Å². The second-order valence-corrected chi connectivity index (χ2v) is 12.0. The zero-order valence-corrected chi connectivity index (χ0v) is 23.8. The van der Waals surface area contributed by atoms with Crippen molar-refractivity contribution in [1.82, 2.24) is 0 Å². The van der Waals surface area contributed by atoms with Crippen LogP contribution in [-0.2, 0) is 27.7 Å². The van der Waals surface area contributed by atoms with Crippen molar-refractivity contribution in [1.29, 1.82) is 0 Å². The van der Waals surface area contributed by atoms with Gasteiger partial charge in [-0.05, 0) is 62.1 Å². The van der Waals surface area contributed by atoms with Gasteiger partial charge < -0.3 is 9.47 Å². The van der Waals surface area contributed by atoms with Crippen molar-refractivity contribution in [3.63, 3.8) is 0 Å². The molecule has 1 unspecified atom stereocenters. The Bertz CT molecular complexity index is 991. The van der Waals surface area contributed by atoms with Crippen LogP contribution in [0.2, 0.25) is 0 Å². The fraction of sp³-hybridized carbons (Fsp3) is 0.500. The monoisotopic (exact) mass is 556 g/mol. The minimum absolute atomic E-state index is 0.216. The Morgan fingerprint density at radius 3 is 2.39 bits per heavy atom. The summed E-state index contributed by atoms with van der Waals surface area (Å²) in [6.45, 7) is 10.8. The zero-order valence-electron chi connectivity index (χ0n) is 21.3. The number of phosphoric acid groups is 1. The summed E-state index contributed by atoms with van der Waals surface area (Å²) in [5, 5.41) is 2.07. The molecule has 0 heterocycles. The standard InChI is InChI=1S/C26H37O7PS2/c1-5-17-35-36-18-16-30-26(27)21(4)22-10-11-24-20-25(13-12-23(24)19-22)29-14-8-9-15-33-34(28,31-6-2)32-7-3/h5,10-13,19-21H,1,6-9,14-18H2,2-4H3. The minimum Gasteiger partial charge on any atom is -0.494 e. The number of unbranched alkanes of at least 4 members (excludes halogenated alkanes) is 1. The van der Waals surface area contributed by atoms with Gasteiger partial charge in [-0.25, -0.2) is 4.57 Å². The third kappa shape index (κ3) is 10.9. The van der Waals surface area contributed by atoms with Crippen LogP contribution >= 0.6 is 29.4 Å². The number of rotatable bonds is 19. The molecule has 0 saturated heterocycles. The molecule has 0 aromatic heterocycles. The number of hydrogen-bond donors (Lipinski definition) is 0. The molecule has 0 aliphatic heterocycles. The molecule has 7 nitrogen and oxygen atoms in total. The van der Waals surface area contributed by atoms with Gasteiger partial charge in [-0.1, -0.05) is 51.9 Å². The van der Waals surface area contributed by atoms with E-state index >= 15 is 0 Å². The molecule has 10 heteroatoms. The van der Waals surface area contributed by atoms with Crippen molar-refractivity contribution in [2.45, 2.75) is 39.5 Å². The highest BCUT2D eigenvalue weighted by Crippen LogP contribution is 2.49. The van der Waals surface area contributed by atoms with Gasteiger partial charge in [-0.2, -0.15) is 0 Å². The van der Waals surface area contributed by atoms with E-state index in [-0.39, 0.29) is 31.7 Å². The van der Waals surface area contributed by atoms with Crippen molar-refractivity contribution in [2.75, 3.05) is 44.5 Å². The van der Waals surface area contributed by atoms with Crippen LogP contribution in [0.4, 0.5) is 0 Å². The summed E-state index contributed by atoms with van der Waals surface area (Å²) in [4.78, 5) is 12.4. The van der Waals surface area contributed by atoms with E-state index in [0.717, 1.165) is 40.0 Å². The van der Waals surface area contributed by atoms with Crippen LogP contribution in [0.3, 0.4) is 0 Å². The maximum atomic E-state index is 12.4. The van der Waals surface area contributed by atoms with Gasteiger partial charge >= 0.3 is 13.8 Å². The van der Waals surface area contributed by atoms with E-state index in [1.165, 1.54) is 0 Å². The molecule has 2 aromatic carbocycles. The van der Waals surface area contributed by atoms with Crippen molar-refractivity contribution >= 4 is 46.2 Å². The largest absolute Gasteiger partial charge is 0.494 e. The fourth-order valence-corrected chi connectivity index (χ4v) is 6.00. The van der Waals surface area contributed by atoms with Crippen molar-refractivity contribution < 1.29 is 32.4 Å². The lowest BCUT2D eigenvalue weighted by Crippen LogP contribution is -2.14. The van der Waals surface area contributed by atoms with Crippen molar-refractivity contribution in [2.24, 2.45) is 0 Å². The molecule has 0 spiro atoms. The summed E-state index contributed by atoms with van der Waals surface area (Å²) in [5.41, 5.74) is 0.922. The van der Waals surface area contributed by atoms with Gasteiger partial charge in [0.1, 0.15) is 12.4 Å². The van der Waals surface area contributed by atoms with Crippen molar-refractivity contribution in [3.05, 3.63) is 54.6 Å². The maximum absolute atomic E-state index is 12.4. The number of fused-ring (bicyclic) bond motifs is 1. The van der Waals surface area contributed by atoms with E-state index in [1.54, 1.807) is 35.4 Å². The van der Waals surface area contributed by atoms with E-state index in [1.807, 2.05) is 49.4 Å². The van der Waals surface area contributed by atoms with Gasteiger partial charge in [0.2, 0.25) is 0 Å². The van der Waals surface area contributed by atoms with Gasteiger partial charge in [0, 0.05) is 11.5 Å². The predicted octanol–water partition coefficient (Wildman–Crippen LogP) is 7.41. The topological polar surface area (TPSA) is 80.3 Å². The molecular weight excluding hydrogens is 519 g/mol. The summed E-state index contributed by atoms with van der Waals surface area (Å²) in [6, 6.07) is 11.9. The summed E-state index contributed by atoms with van der Waals surface area (Å²) < 4.78 is 39.1. The van der Waals surface area contributed by atoms with Crippen molar-refractivity contribution in [3.8, 4) is 5.75 Å². The van der Waals surface area contributed by atoms with Gasteiger partial charge in [-0.3, -0.25) is 18.4 Å². The summed E-state index contributed by atoms with van der Waals surface area (Å²) in [6.07, 6.45) is 3.26. The molecule has 36 heavy (non-hydrogen) atoms. The van der Waals surface area contributed by atoms with Gasteiger partial charge in [0.05, 0.1) is 32.3 Å². The molecule has 1 atom stereocenters. The molecule has 0 bridgehead atoms. The lowest BCUT2D eigenvalue weighted by atomic mass is 9.98. The molecular formula is C26H37O7PS2. The average molecular weight is 557 g/mol. The van der Waals surface area contributed by atoms with Gasteiger partial charge in [-0.15, -0.1) is 6.58 Å². The summed E-state index contributed by atoms with van der Waals surface area (Å²) >= 11 is 0. The number of esters is 1. The first-order chi connectivity index (χ1) is 17.4. The third-order valence-corrected chi connectivity index (χ3v) is 8.93. The second-order valence-electron chi connectivity index (χ2n) is 7.72. The highest BCUT2D eigenvalue weighted by molar-refractivity contribution is 8.76. The Balaban J connectivity index is 1.78. The highest BCUT2D eigenvalue weighted by atomic mass is 33.1. The Labute approximate surface area is 222 Å². The third-order valence-electron chi connectivity index (χ3n) is 5.00. The molecule has 0 amide bonds. The number of phosphoric ester groups is 1. The zero-order chi connectivity index (χ0) is 26.2. The van der Waals surface area contributed by atoms with E-state index in [9.17, 15) is 9.36 Å². The van der Waals surface area contributed by atoms with E-state index in [0.29, 0.717) is 19.6 Å². The average Bonchev–Trinajstić information content (AvgIpc) is 2.87. The summed E-state index contributed by atoms with van der Waals surface area (Å²) in [7, 11) is -0.0880. The van der Waals surface area contributed by atoms with E-state index in [2.05, 4.69) is 6.58 Å². The number of carbonyl (C=O) groups excluding carboxylic acids is 1. The number of carbonyl (C=O) groups is 1. The first-order valence-corrected chi connectivity index (χ1v) is 16.1. The lowest BCUT2D eigenvalue weighted by Gasteiger charge is -2.16. The van der Waals surface area contributed by atoms with Crippen LogP contribution in [0, 0.1) is 0 Å². The Hall–Kier alpha value is -1.48. The Morgan fingerprint density at radius 2 is 1.67 bits per heavy atom. The quantitative estimate of drug-likeness (QED) is 0.0577. The number of hydrogen-bond acceptors (Lipinski definition) is 9. The Morgan fingerprint density at radius 1 is 0.972 bits per heavy atom. The molecule has 0 aliphatic carbocycles. The second kappa shape index (κ2) is 17.1. The molecule has 2 aromatic rings.